The molecule has 1 aromatic heterocycles. The van der Waals surface area contributed by atoms with E-state index in [1.54, 1.807) is 92.0 Å². The molecular formula is C45H53N5O9S. The molecule has 2 fully saturated rings. The number of benzene rings is 3. The highest BCUT2D eigenvalue weighted by Crippen LogP contribution is 2.45. The van der Waals surface area contributed by atoms with Gasteiger partial charge in [0.25, 0.3) is 15.9 Å². The van der Waals surface area contributed by atoms with Gasteiger partial charge in [0.2, 0.25) is 11.8 Å². The van der Waals surface area contributed by atoms with E-state index < -0.39 is 74.5 Å². The lowest BCUT2D eigenvalue weighted by atomic mass is 9.85. The number of rotatable bonds is 12. The number of aromatic nitrogens is 1. The first-order valence-electron chi connectivity index (χ1n) is 19.7. The molecular weight excluding hydrogens is 787 g/mol. The molecule has 0 bridgehead atoms. The number of carbonyl (C=O) groups is 4. The third kappa shape index (κ3) is 9.41. The van der Waals surface area contributed by atoms with Gasteiger partial charge in [-0.1, -0.05) is 75.4 Å². The van der Waals surface area contributed by atoms with Crippen molar-refractivity contribution in [2.24, 2.45) is 11.3 Å². The summed E-state index contributed by atoms with van der Waals surface area (Å²) in [5.41, 5.74) is -0.878. The van der Waals surface area contributed by atoms with Crippen LogP contribution in [0.2, 0.25) is 0 Å². The van der Waals surface area contributed by atoms with Gasteiger partial charge in [-0.05, 0) is 63.3 Å². The number of amides is 4. The summed E-state index contributed by atoms with van der Waals surface area (Å²) in [6.07, 6.45) is -0.0217. The number of methoxy groups -OCH3 is 1. The van der Waals surface area contributed by atoms with Gasteiger partial charge in [-0.25, -0.2) is 22.9 Å². The molecule has 60 heavy (non-hydrogen) atoms. The number of hydrogen-bond donors (Lipinski definition) is 3. The van der Waals surface area contributed by atoms with Crippen LogP contribution in [0.15, 0.2) is 96.4 Å². The predicted octanol–water partition coefficient (Wildman–Crippen LogP) is 6.07. The number of sulfonamides is 1. The van der Waals surface area contributed by atoms with E-state index in [2.05, 4.69) is 21.9 Å². The standard InChI is InChI=1S/C45H53N5O9S/c1-10-29-25-45(29,41(53)49-60(55,56)37-19-15-14-16-27(37)2)48-39(51)35-23-31(26-50(35)40(52)38(43(3,4)5)47-42(54)59-44(6,7)8)58-36-24-33(28-17-12-11-13-18-28)46-34-22-30(57-9)20-21-32(34)36/h10-22,24,29,31,35,38H,1,23,25-26H2,2-9H3,(H,47,54)(H,48,51)(H,49,53)/t29?,31-,35+,38-,45-/m1/s1. The molecule has 318 valence electrons. The maximum absolute atomic E-state index is 14.8. The van der Waals surface area contributed by atoms with Crippen molar-refractivity contribution in [3.63, 3.8) is 0 Å². The van der Waals surface area contributed by atoms with Crippen molar-refractivity contribution < 1.29 is 41.8 Å². The number of likely N-dealkylation sites (tertiary alicyclic amines) is 1. The highest BCUT2D eigenvalue weighted by molar-refractivity contribution is 7.90. The summed E-state index contributed by atoms with van der Waals surface area (Å²) in [5.74, 6) is -1.77. The average Bonchev–Trinajstić information content (AvgIpc) is 3.74. The van der Waals surface area contributed by atoms with Gasteiger partial charge < -0.3 is 29.7 Å². The Labute approximate surface area is 351 Å². The third-order valence-corrected chi connectivity index (χ3v) is 12.1. The van der Waals surface area contributed by atoms with Gasteiger partial charge in [0.15, 0.2) is 0 Å². The van der Waals surface area contributed by atoms with Crippen LogP contribution in [-0.2, 0) is 29.1 Å². The SMILES string of the molecule is C=CC1C[C@]1(NC(=O)[C@@H]1C[C@@H](Oc2cc(-c3ccccc3)nc3cc(OC)ccc23)CN1C(=O)[C@@H](NC(=O)OC(C)(C)C)C(C)(C)C)C(=O)NS(=O)(=O)c1ccccc1C. The fraction of sp³-hybridized carbons (Fsp3) is 0.400. The molecule has 2 heterocycles. The van der Waals surface area contributed by atoms with Crippen molar-refractivity contribution >= 4 is 44.7 Å². The first-order chi connectivity index (χ1) is 28.2. The number of alkyl carbamates (subject to hydrolysis) is 1. The van der Waals surface area contributed by atoms with E-state index in [1.807, 2.05) is 36.4 Å². The monoisotopic (exact) mass is 839 g/mol. The van der Waals surface area contributed by atoms with E-state index >= 15 is 0 Å². The maximum atomic E-state index is 14.8. The number of hydrogen-bond acceptors (Lipinski definition) is 10. The average molecular weight is 840 g/mol. The molecule has 3 N–H and O–H groups in total. The molecule has 4 amide bonds. The van der Waals surface area contributed by atoms with Crippen LogP contribution in [0.25, 0.3) is 22.2 Å². The molecule has 2 aliphatic rings. The van der Waals surface area contributed by atoms with Crippen LogP contribution >= 0.6 is 0 Å². The van der Waals surface area contributed by atoms with Crippen molar-refractivity contribution in [2.45, 2.75) is 95.5 Å². The van der Waals surface area contributed by atoms with Crippen LogP contribution < -0.4 is 24.8 Å². The lowest BCUT2D eigenvalue weighted by Gasteiger charge is -2.36. The minimum Gasteiger partial charge on any atom is -0.497 e. The van der Waals surface area contributed by atoms with Crippen LogP contribution in [0, 0.1) is 18.3 Å². The second-order valence-corrected chi connectivity index (χ2v) is 19.0. The molecule has 1 aliphatic carbocycles. The number of ether oxygens (including phenoxy) is 3. The highest BCUT2D eigenvalue weighted by Gasteiger charge is 2.61. The minimum absolute atomic E-state index is 0.0144. The Morgan fingerprint density at radius 3 is 2.27 bits per heavy atom. The fourth-order valence-electron chi connectivity index (χ4n) is 7.42. The quantitative estimate of drug-likeness (QED) is 0.142. The summed E-state index contributed by atoms with van der Waals surface area (Å²) < 4.78 is 46.7. The molecule has 15 heteroatoms. The van der Waals surface area contributed by atoms with Gasteiger partial charge in [-0.15, -0.1) is 6.58 Å². The summed E-state index contributed by atoms with van der Waals surface area (Å²) in [7, 11) is -2.76. The zero-order valence-electron chi connectivity index (χ0n) is 35.2. The van der Waals surface area contributed by atoms with Crippen LogP contribution in [0.5, 0.6) is 11.5 Å². The van der Waals surface area contributed by atoms with Crippen LogP contribution in [-0.4, -0.2) is 85.1 Å². The maximum Gasteiger partial charge on any atom is 0.408 e. The first-order valence-corrected chi connectivity index (χ1v) is 21.2. The molecule has 4 aromatic rings. The fourth-order valence-corrected chi connectivity index (χ4v) is 8.70. The number of aryl methyl sites for hydroxylation is 1. The molecule has 0 radical (unpaired) electrons. The Balaban J connectivity index is 1.35. The van der Waals surface area contributed by atoms with Crippen LogP contribution in [0.4, 0.5) is 4.79 Å². The second kappa shape index (κ2) is 16.6. The summed E-state index contributed by atoms with van der Waals surface area (Å²) in [6, 6.07) is 20.6. The number of nitrogens with zero attached hydrogens (tertiary/aromatic N) is 2. The van der Waals surface area contributed by atoms with Crippen molar-refractivity contribution in [3.05, 3.63) is 97.1 Å². The number of pyridine rings is 1. The van der Waals surface area contributed by atoms with Gasteiger partial charge in [0.05, 0.1) is 29.8 Å². The topological polar surface area (TPSA) is 182 Å². The Bertz CT molecular complexity index is 2430. The predicted molar refractivity (Wildman–Crippen MR) is 227 cm³/mol. The van der Waals surface area contributed by atoms with E-state index in [9.17, 15) is 27.6 Å². The Hall–Kier alpha value is -5.96. The molecule has 1 unspecified atom stereocenters. The van der Waals surface area contributed by atoms with E-state index in [4.69, 9.17) is 19.2 Å². The van der Waals surface area contributed by atoms with Gasteiger partial charge in [-0.3, -0.25) is 14.4 Å². The molecule has 1 saturated carbocycles. The van der Waals surface area contributed by atoms with Gasteiger partial charge in [0.1, 0.15) is 40.8 Å². The zero-order valence-corrected chi connectivity index (χ0v) is 36.0. The Morgan fingerprint density at radius 1 is 0.967 bits per heavy atom. The van der Waals surface area contributed by atoms with Crippen LogP contribution in [0.3, 0.4) is 0 Å². The molecule has 14 nitrogen and oxygen atoms in total. The summed E-state index contributed by atoms with van der Waals surface area (Å²) in [6.45, 7) is 15.8. The van der Waals surface area contributed by atoms with E-state index in [0.717, 1.165) is 5.56 Å². The molecule has 3 aromatic carbocycles. The second-order valence-electron chi connectivity index (χ2n) is 17.4. The van der Waals surface area contributed by atoms with Crippen molar-refractivity contribution in [1.82, 2.24) is 25.2 Å². The summed E-state index contributed by atoms with van der Waals surface area (Å²) in [4.78, 5) is 62.6. The molecule has 5 atom stereocenters. The normalized spacial score (nSPS) is 20.7. The lowest BCUT2D eigenvalue weighted by Crippen LogP contribution is -2.60. The number of nitrogens with one attached hydrogen (secondary N) is 3. The third-order valence-electron chi connectivity index (χ3n) is 10.6. The van der Waals surface area contributed by atoms with E-state index in [0.29, 0.717) is 33.7 Å². The molecule has 1 aliphatic heterocycles. The van der Waals surface area contributed by atoms with Crippen molar-refractivity contribution in [1.29, 1.82) is 0 Å². The number of fused-ring (bicyclic) bond motifs is 1. The number of carbonyl (C=O) groups excluding carboxylic acids is 4. The lowest BCUT2D eigenvalue weighted by molar-refractivity contribution is -0.143. The smallest absolute Gasteiger partial charge is 0.408 e. The summed E-state index contributed by atoms with van der Waals surface area (Å²) >= 11 is 0. The Kier molecular flexibility index (Phi) is 12.1. The highest BCUT2D eigenvalue weighted by atomic mass is 32.2. The minimum atomic E-state index is -4.32. The molecule has 6 rings (SSSR count). The molecule has 0 spiro atoms. The van der Waals surface area contributed by atoms with Gasteiger partial charge in [-0.2, -0.15) is 0 Å². The largest absolute Gasteiger partial charge is 0.497 e. The first kappa shape index (κ1) is 43.6. The zero-order chi connectivity index (χ0) is 43.8. The Morgan fingerprint density at radius 2 is 1.65 bits per heavy atom. The van der Waals surface area contributed by atoms with Crippen LogP contribution in [0.1, 0.15) is 59.9 Å². The van der Waals surface area contributed by atoms with Gasteiger partial charge in [0, 0.05) is 35.4 Å². The van der Waals surface area contributed by atoms with E-state index in [1.165, 1.54) is 17.0 Å². The summed E-state index contributed by atoms with van der Waals surface area (Å²) in [5, 5.41) is 6.21. The van der Waals surface area contributed by atoms with E-state index in [-0.39, 0.29) is 24.3 Å². The molecule has 1 saturated heterocycles. The van der Waals surface area contributed by atoms with Crippen molar-refractivity contribution in [2.75, 3.05) is 13.7 Å². The van der Waals surface area contributed by atoms with Gasteiger partial charge >= 0.3 is 6.09 Å². The van der Waals surface area contributed by atoms with Crippen molar-refractivity contribution in [3.8, 4) is 22.8 Å².